The van der Waals surface area contributed by atoms with Crippen molar-refractivity contribution < 1.29 is 18.0 Å². The van der Waals surface area contributed by atoms with Gasteiger partial charge in [-0.15, -0.1) is 0 Å². The van der Waals surface area contributed by atoms with Crippen LogP contribution in [0.2, 0.25) is 15.1 Å². The summed E-state index contributed by atoms with van der Waals surface area (Å²) in [4.78, 5) is 12.0. The van der Waals surface area contributed by atoms with Gasteiger partial charge in [0.2, 0.25) is 5.91 Å². The molecule has 0 radical (unpaired) electrons. The lowest BCUT2D eigenvalue weighted by Crippen LogP contribution is -2.14. The highest BCUT2D eigenvalue weighted by Gasteiger charge is 2.31. The molecule has 0 aliphatic carbocycles. The van der Waals surface area contributed by atoms with Crippen molar-refractivity contribution in [2.24, 2.45) is 0 Å². The molecule has 1 N–H and O–H groups in total. The smallest absolute Gasteiger partial charge is 0.325 e. The van der Waals surface area contributed by atoms with E-state index < -0.39 is 17.6 Å². The largest absolute Gasteiger partial charge is 0.416 e. The number of carbonyl (C=O) groups is 1. The molecular weight excluding hydrogens is 386 g/mol. The molecule has 2 rings (SSSR count). The topological polar surface area (TPSA) is 29.1 Å². The summed E-state index contributed by atoms with van der Waals surface area (Å²) >= 11 is 17.6. The van der Waals surface area contributed by atoms with Crippen molar-refractivity contribution in [3.63, 3.8) is 0 Å². The van der Waals surface area contributed by atoms with Crippen molar-refractivity contribution in [2.45, 2.75) is 19.0 Å². The van der Waals surface area contributed by atoms with Gasteiger partial charge in [0.25, 0.3) is 0 Å². The van der Waals surface area contributed by atoms with Crippen molar-refractivity contribution in [1.82, 2.24) is 0 Å². The number of hydrogen-bond donors (Lipinski definition) is 1. The Hall–Kier alpha value is -1.43. The lowest BCUT2D eigenvalue weighted by molar-refractivity contribution is -0.137. The van der Waals surface area contributed by atoms with E-state index in [0.29, 0.717) is 22.0 Å². The molecule has 2 nitrogen and oxygen atoms in total. The monoisotopic (exact) mass is 395 g/mol. The third-order valence-corrected chi connectivity index (χ3v) is 4.12. The highest BCUT2D eigenvalue weighted by atomic mass is 35.5. The van der Waals surface area contributed by atoms with Gasteiger partial charge < -0.3 is 5.32 Å². The number of aryl methyl sites for hydroxylation is 1. The van der Waals surface area contributed by atoms with E-state index in [2.05, 4.69) is 5.32 Å². The Balaban J connectivity index is 2.04. The highest BCUT2D eigenvalue weighted by molar-refractivity contribution is 6.35. The second kappa shape index (κ2) is 7.64. The van der Waals surface area contributed by atoms with Gasteiger partial charge >= 0.3 is 6.18 Å². The molecule has 128 valence electrons. The minimum Gasteiger partial charge on any atom is -0.325 e. The molecular formula is C16H11Cl3F3NO. The van der Waals surface area contributed by atoms with Crippen LogP contribution in [-0.4, -0.2) is 5.91 Å². The standard InChI is InChI=1S/C16H11Cl3F3NO/c17-11-4-1-9(13(19)8-11)2-6-15(24)23-14-7-10(16(20,21)22)3-5-12(14)18/h1,3-5,7-8H,2,6H2,(H,23,24). The fourth-order valence-corrected chi connectivity index (χ4v) is 2.65. The molecule has 24 heavy (non-hydrogen) atoms. The highest BCUT2D eigenvalue weighted by Crippen LogP contribution is 2.34. The van der Waals surface area contributed by atoms with Gasteiger partial charge in [-0.1, -0.05) is 40.9 Å². The van der Waals surface area contributed by atoms with Crippen LogP contribution in [0.4, 0.5) is 18.9 Å². The Morgan fingerprint density at radius 1 is 1.00 bits per heavy atom. The number of halogens is 6. The Kier molecular flexibility index (Phi) is 6.01. The number of rotatable bonds is 4. The SMILES string of the molecule is O=C(CCc1ccc(Cl)cc1Cl)Nc1cc(C(F)(F)F)ccc1Cl. The molecule has 0 atom stereocenters. The van der Waals surface area contributed by atoms with Crippen LogP contribution in [0.3, 0.4) is 0 Å². The summed E-state index contributed by atoms with van der Waals surface area (Å²) in [5, 5.41) is 3.31. The molecule has 0 aromatic heterocycles. The molecule has 0 spiro atoms. The summed E-state index contributed by atoms with van der Waals surface area (Å²) in [6, 6.07) is 7.64. The third-order valence-electron chi connectivity index (χ3n) is 3.20. The lowest BCUT2D eigenvalue weighted by atomic mass is 10.1. The van der Waals surface area contributed by atoms with Gasteiger partial charge in [0, 0.05) is 16.5 Å². The number of nitrogens with one attached hydrogen (secondary N) is 1. The second-order valence-corrected chi connectivity index (χ2v) is 6.23. The first-order valence-electron chi connectivity index (χ1n) is 6.77. The molecule has 0 heterocycles. The quantitative estimate of drug-likeness (QED) is 0.651. The van der Waals surface area contributed by atoms with E-state index in [1.165, 1.54) is 0 Å². The van der Waals surface area contributed by atoms with Gasteiger partial charge in [0.15, 0.2) is 0 Å². The molecule has 8 heteroatoms. The van der Waals surface area contributed by atoms with Crippen LogP contribution in [0, 0.1) is 0 Å². The van der Waals surface area contributed by atoms with Gasteiger partial charge in [-0.3, -0.25) is 4.79 Å². The maximum atomic E-state index is 12.7. The van der Waals surface area contributed by atoms with Gasteiger partial charge in [-0.05, 0) is 42.3 Å². The fraction of sp³-hybridized carbons (Fsp3) is 0.188. The van der Waals surface area contributed by atoms with Gasteiger partial charge in [0.1, 0.15) is 0 Å². The number of carbonyl (C=O) groups excluding carboxylic acids is 1. The van der Waals surface area contributed by atoms with E-state index >= 15 is 0 Å². The van der Waals surface area contributed by atoms with Crippen LogP contribution in [0.5, 0.6) is 0 Å². The zero-order valence-corrected chi connectivity index (χ0v) is 14.3. The number of hydrogen-bond acceptors (Lipinski definition) is 1. The van der Waals surface area contributed by atoms with Gasteiger partial charge in [0.05, 0.1) is 16.3 Å². The summed E-state index contributed by atoms with van der Waals surface area (Å²) in [7, 11) is 0. The summed E-state index contributed by atoms with van der Waals surface area (Å²) in [5.74, 6) is -0.470. The Morgan fingerprint density at radius 3 is 2.33 bits per heavy atom. The summed E-state index contributed by atoms with van der Waals surface area (Å²) in [6.07, 6.45) is -4.16. The van der Waals surface area contributed by atoms with Crippen LogP contribution in [0.25, 0.3) is 0 Å². The molecule has 1 amide bonds. The van der Waals surface area contributed by atoms with Crippen LogP contribution in [-0.2, 0) is 17.4 Å². The average molecular weight is 397 g/mol. The van der Waals surface area contributed by atoms with E-state index in [0.717, 1.165) is 18.2 Å². The van der Waals surface area contributed by atoms with Crippen molar-refractivity contribution in [3.8, 4) is 0 Å². The molecule has 0 aliphatic rings. The van der Waals surface area contributed by atoms with E-state index in [-0.39, 0.29) is 17.1 Å². The number of benzene rings is 2. The van der Waals surface area contributed by atoms with Crippen molar-refractivity contribution in [2.75, 3.05) is 5.32 Å². The minimum atomic E-state index is -4.51. The average Bonchev–Trinajstić information content (AvgIpc) is 2.47. The van der Waals surface area contributed by atoms with Crippen molar-refractivity contribution >= 4 is 46.4 Å². The molecule has 0 saturated heterocycles. The molecule has 0 bridgehead atoms. The Morgan fingerprint density at radius 2 is 1.71 bits per heavy atom. The van der Waals surface area contributed by atoms with Crippen molar-refractivity contribution in [3.05, 3.63) is 62.6 Å². The zero-order valence-electron chi connectivity index (χ0n) is 12.1. The molecule has 0 aliphatic heterocycles. The second-order valence-electron chi connectivity index (χ2n) is 4.98. The normalized spacial score (nSPS) is 11.4. The van der Waals surface area contributed by atoms with Crippen LogP contribution < -0.4 is 5.32 Å². The first-order valence-corrected chi connectivity index (χ1v) is 7.91. The van der Waals surface area contributed by atoms with Crippen LogP contribution in [0.15, 0.2) is 36.4 Å². The first kappa shape index (κ1) is 18.9. The van der Waals surface area contributed by atoms with Gasteiger partial charge in [-0.2, -0.15) is 13.2 Å². The maximum Gasteiger partial charge on any atom is 0.416 e. The minimum absolute atomic E-state index is 0.0286. The van der Waals surface area contributed by atoms with Gasteiger partial charge in [-0.25, -0.2) is 0 Å². The molecule has 0 fully saturated rings. The lowest BCUT2D eigenvalue weighted by Gasteiger charge is -2.12. The number of alkyl halides is 3. The third kappa shape index (κ3) is 5.03. The molecule has 2 aromatic carbocycles. The summed E-state index contributed by atoms with van der Waals surface area (Å²) in [6.45, 7) is 0. The van der Waals surface area contributed by atoms with Crippen LogP contribution in [0.1, 0.15) is 17.5 Å². The Bertz CT molecular complexity index is 763. The van der Waals surface area contributed by atoms with Crippen molar-refractivity contribution in [1.29, 1.82) is 0 Å². The number of anilines is 1. The first-order chi connectivity index (χ1) is 11.2. The fourth-order valence-electron chi connectivity index (χ4n) is 1.98. The van der Waals surface area contributed by atoms with E-state index in [4.69, 9.17) is 34.8 Å². The summed E-state index contributed by atoms with van der Waals surface area (Å²) < 4.78 is 38.1. The van der Waals surface area contributed by atoms with E-state index in [9.17, 15) is 18.0 Å². The predicted octanol–water partition coefficient (Wildman–Crippen LogP) is 6.24. The van der Waals surface area contributed by atoms with E-state index in [1.54, 1.807) is 18.2 Å². The molecule has 0 unspecified atom stereocenters. The van der Waals surface area contributed by atoms with E-state index in [1.807, 2.05) is 0 Å². The zero-order chi connectivity index (χ0) is 17.9. The van der Waals surface area contributed by atoms with Crippen LogP contribution >= 0.6 is 34.8 Å². The predicted molar refractivity (Wildman–Crippen MR) is 89.9 cm³/mol. The maximum absolute atomic E-state index is 12.7. The molecule has 2 aromatic rings. The number of amides is 1. The molecule has 0 saturated carbocycles. The Labute approximate surface area is 151 Å². The summed E-state index contributed by atoms with van der Waals surface area (Å²) in [5.41, 5.74) is -0.256.